The van der Waals surface area contributed by atoms with E-state index in [9.17, 15) is 0 Å². The topological polar surface area (TPSA) is 21.1 Å². The normalized spacial score (nSPS) is 22.9. The summed E-state index contributed by atoms with van der Waals surface area (Å²) < 4.78 is 2.03. The van der Waals surface area contributed by atoms with Gasteiger partial charge in [-0.2, -0.15) is 5.10 Å². The van der Waals surface area contributed by atoms with Crippen LogP contribution in [-0.2, 0) is 6.54 Å². The highest BCUT2D eigenvalue weighted by Crippen LogP contribution is 2.18. The van der Waals surface area contributed by atoms with Gasteiger partial charge in [-0.25, -0.2) is 0 Å². The van der Waals surface area contributed by atoms with Crippen molar-refractivity contribution in [3.63, 3.8) is 0 Å². The zero-order valence-corrected chi connectivity index (χ0v) is 11.7. The third-order valence-corrected chi connectivity index (χ3v) is 3.77. The summed E-state index contributed by atoms with van der Waals surface area (Å²) in [5.74, 6) is 0. The van der Waals surface area contributed by atoms with Crippen molar-refractivity contribution in [3.8, 4) is 0 Å². The van der Waals surface area contributed by atoms with E-state index in [-0.39, 0.29) is 0 Å². The highest BCUT2D eigenvalue weighted by atomic mass is 79.9. The zero-order valence-electron chi connectivity index (χ0n) is 10.1. The van der Waals surface area contributed by atoms with E-state index in [1.807, 2.05) is 4.68 Å². The molecule has 90 valence electrons. The van der Waals surface area contributed by atoms with Crippen molar-refractivity contribution in [2.75, 3.05) is 13.1 Å². The van der Waals surface area contributed by atoms with Crippen LogP contribution in [0, 0.1) is 0 Å². The van der Waals surface area contributed by atoms with E-state index in [1.165, 1.54) is 25.1 Å². The molecular weight excluding hydrogens is 266 g/mol. The Labute approximate surface area is 106 Å². The molecule has 16 heavy (non-hydrogen) atoms. The average molecular weight is 286 g/mol. The third-order valence-electron chi connectivity index (χ3n) is 3.03. The van der Waals surface area contributed by atoms with E-state index < -0.39 is 0 Å². The van der Waals surface area contributed by atoms with Crippen LogP contribution in [-0.4, -0.2) is 32.6 Å². The lowest BCUT2D eigenvalue weighted by Crippen LogP contribution is -2.35. The molecule has 1 aromatic rings. The van der Waals surface area contributed by atoms with E-state index in [0.717, 1.165) is 13.1 Å². The van der Waals surface area contributed by atoms with E-state index in [0.29, 0.717) is 10.9 Å². The molecule has 0 amide bonds. The van der Waals surface area contributed by atoms with Gasteiger partial charge in [0, 0.05) is 30.2 Å². The van der Waals surface area contributed by atoms with Crippen LogP contribution in [0.2, 0.25) is 0 Å². The number of halogens is 1. The number of rotatable bonds is 3. The number of aromatic nitrogens is 2. The third kappa shape index (κ3) is 3.08. The van der Waals surface area contributed by atoms with Gasteiger partial charge in [-0.3, -0.25) is 9.58 Å². The summed E-state index contributed by atoms with van der Waals surface area (Å²) in [7, 11) is 0. The Hall–Kier alpha value is -0.350. The SMILES string of the molecule is CC(C)n1ccc(CN2CCCC(Br)C2)n1. The second kappa shape index (κ2) is 5.32. The Morgan fingerprint density at radius 1 is 1.56 bits per heavy atom. The van der Waals surface area contributed by atoms with Crippen molar-refractivity contribution < 1.29 is 0 Å². The molecule has 1 aromatic heterocycles. The molecule has 1 unspecified atom stereocenters. The van der Waals surface area contributed by atoms with Crippen molar-refractivity contribution >= 4 is 15.9 Å². The molecule has 3 nitrogen and oxygen atoms in total. The minimum atomic E-state index is 0.457. The summed E-state index contributed by atoms with van der Waals surface area (Å²) in [5.41, 5.74) is 1.19. The summed E-state index contributed by atoms with van der Waals surface area (Å²) >= 11 is 3.70. The molecule has 0 aliphatic carbocycles. The van der Waals surface area contributed by atoms with Gasteiger partial charge in [0.25, 0.3) is 0 Å². The first-order chi connectivity index (χ1) is 7.65. The smallest absolute Gasteiger partial charge is 0.0764 e. The lowest BCUT2D eigenvalue weighted by Gasteiger charge is -2.29. The highest BCUT2D eigenvalue weighted by molar-refractivity contribution is 9.09. The fraction of sp³-hybridized carbons (Fsp3) is 0.750. The van der Waals surface area contributed by atoms with Gasteiger partial charge in [0.05, 0.1) is 5.69 Å². The number of likely N-dealkylation sites (tertiary alicyclic amines) is 1. The summed E-state index contributed by atoms with van der Waals surface area (Å²) in [6, 6.07) is 2.59. The van der Waals surface area contributed by atoms with Crippen molar-refractivity contribution in [3.05, 3.63) is 18.0 Å². The zero-order chi connectivity index (χ0) is 11.5. The van der Waals surface area contributed by atoms with E-state index in [2.05, 4.69) is 52.0 Å². The molecule has 0 saturated carbocycles. The molecular formula is C12H20BrN3. The maximum absolute atomic E-state index is 4.59. The standard InChI is InChI=1S/C12H20BrN3/c1-10(2)16-7-5-12(14-16)9-15-6-3-4-11(13)8-15/h5,7,10-11H,3-4,6,8-9H2,1-2H3. The summed E-state index contributed by atoms with van der Waals surface area (Å²) in [6.45, 7) is 7.66. The molecule has 1 aliphatic heterocycles. The van der Waals surface area contributed by atoms with Gasteiger partial charge in [-0.05, 0) is 39.3 Å². The van der Waals surface area contributed by atoms with E-state index >= 15 is 0 Å². The molecule has 0 spiro atoms. The maximum Gasteiger partial charge on any atom is 0.0764 e. The Kier molecular flexibility index (Phi) is 4.03. The van der Waals surface area contributed by atoms with Crippen LogP contribution in [0.5, 0.6) is 0 Å². The summed E-state index contributed by atoms with van der Waals surface area (Å²) in [4.78, 5) is 3.14. The molecule has 1 atom stereocenters. The fourth-order valence-corrected chi connectivity index (χ4v) is 2.85. The first kappa shape index (κ1) is 12.1. The van der Waals surface area contributed by atoms with Crippen molar-refractivity contribution in [1.82, 2.24) is 14.7 Å². The van der Waals surface area contributed by atoms with Gasteiger partial charge in [0.15, 0.2) is 0 Å². The van der Waals surface area contributed by atoms with Gasteiger partial charge in [0.1, 0.15) is 0 Å². The molecule has 1 saturated heterocycles. The molecule has 2 heterocycles. The van der Waals surface area contributed by atoms with E-state index in [1.54, 1.807) is 0 Å². The van der Waals surface area contributed by atoms with Crippen LogP contribution in [0.1, 0.15) is 38.4 Å². The van der Waals surface area contributed by atoms with Crippen LogP contribution >= 0.6 is 15.9 Å². The maximum atomic E-state index is 4.59. The second-order valence-electron chi connectivity index (χ2n) is 4.86. The number of hydrogen-bond acceptors (Lipinski definition) is 2. The Balaban J connectivity index is 1.92. The van der Waals surface area contributed by atoms with Crippen molar-refractivity contribution in [1.29, 1.82) is 0 Å². The minimum Gasteiger partial charge on any atom is -0.296 e. The van der Waals surface area contributed by atoms with Crippen LogP contribution in [0.15, 0.2) is 12.3 Å². The molecule has 0 aromatic carbocycles. The molecule has 2 rings (SSSR count). The van der Waals surface area contributed by atoms with Crippen LogP contribution in [0.25, 0.3) is 0 Å². The fourth-order valence-electron chi connectivity index (χ4n) is 2.12. The predicted octanol–water partition coefficient (Wildman–Crippen LogP) is 2.82. The molecule has 0 N–H and O–H groups in total. The molecule has 0 radical (unpaired) electrons. The number of alkyl halides is 1. The number of nitrogens with zero attached hydrogens (tertiary/aromatic N) is 3. The average Bonchev–Trinajstić information content (AvgIpc) is 2.66. The molecule has 4 heteroatoms. The minimum absolute atomic E-state index is 0.457. The summed E-state index contributed by atoms with van der Waals surface area (Å²) in [5, 5.41) is 4.59. The Morgan fingerprint density at radius 3 is 3.00 bits per heavy atom. The quantitative estimate of drug-likeness (QED) is 0.797. The summed E-state index contributed by atoms with van der Waals surface area (Å²) in [6.07, 6.45) is 4.67. The van der Waals surface area contributed by atoms with Crippen molar-refractivity contribution in [2.24, 2.45) is 0 Å². The predicted molar refractivity (Wildman–Crippen MR) is 69.8 cm³/mol. The monoisotopic (exact) mass is 285 g/mol. The first-order valence-corrected chi connectivity index (χ1v) is 6.97. The first-order valence-electron chi connectivity index (χ1n) is 6.05. The van der Waals surface area contributed by atoms with Gasteiger partial charge in [-0.1, -0.05) is 15.9 Å². The number of hydrogen-bond donors (Lipinski definition) is 0. The molecule has 0 bridgehead atoms. The molecule has 1 fully saturated rings. The van der Waals surface area contributed by atoms with Gasteiger partial charge in [-0.15, -0.1) is 0 Å². The Bertz CT molecular complexity index is 335. The van der Waals surface area contributed by atoms with Crippen LogP contribution < -0.4 is 0 Å². The van der Waals surface area contributed by atoms with Gasteiger partial charge < -0.3 is 0 Å². The van der Waals surface area contributed by atoms with E-state index in [4.69, 9.17) is 0 Å². The lowest BCUT2D eigenvalue weighted by molar-refractivity contribution is 0.224. The van der Waals surface area contributed by atoms with Crippen molar-refractivity contribution in [2.45, 2.75) is 44.1 Å². The lowest BCUT2D eigenvalue weighted by atomic mass is 10.1. The van der Waals surface area contributed by atoms with Gasteiger partial charge >= 0.3 is 0 Å². The second-order valence-corrected chi connectivity index (χ2v) is 6.15. The van der Waals surface area contributed by atoms with Crippen LogP contribution in [0.3, 0.4) is 0 Å². The van der Waals surface area contributed by atoms with Crippen LogP contribution in [0.4, 0.5) is 0 Å². The largest absolute Gasteiger partial charge is 0.296 e. The van der Waals surface area contributed by atoms with Gasteiger partial charge in [0.2, 0.25) is 0 Å². The Morgan fingerprint density at radius 2 is 2.38 bits per heavy atom. The highest BCUT2D eigenvalue weighted by Gasteiger charge is 2.18. The number of piperidine rings is 1. The molecule has 1 aliphatic rings.